The minimum absolute atomic E-state index is 0.0698. The van der Waals surface area contributed by atoms with Crippen molar-refractivity contribution in [3.63, 3.8) is 0 Å². The average Bonchev–Trinajstić information content (AvgIpc) is 3.11. The monoisotopic (exact) mass is 472 g/mol. The smallest absolute Gasteiger partial charge is 0.326 e. The van der Waals surface area contributed by atoms with Crippen molar-refractivity contribution in [3.8, 4) is 0 Å². The van der Waals surface area contributed by atoms with Crippen molar-refractivity contribution in [2.24, 2.45) is 11.8 Å². The summed E-state index contributed by atoms with van der Waals surface area (Å²) in [4.78, 5) is 76.4. The van der Waals surface area contributed by atoms with E-state index in [4.69, 9.17) is 4.74 Å². The van der Waals surface area contributed by atoms with Crippen molar-refractivity contribution in [1.29, 1.82) is 0 Å². The number of amides is 3. The van der Waals surface area contributed by atoms with Crippen LogP contribution in [0.4, 0.5) is 5.69 Å². The molecule has 9 heteroatoms. The highest BCUT2D eigenvalue weighted by molar-refractivity contribution is 6.30. The summed E-state index contributed by atoms with van der Waals surface area (Å²) in [6, 6.07) is 11.0. The van der Waals surface area contributed by atoms with Gasteiger partial charge < -0.3 is 10.1 Å². The molecule has 1 aliphatic heterocycles. The van der Waals surface area contributed by atoms with Gasteiger partial charge in [-0.1, -0.05) is 48.6 Å². The predicted molar refractivity (Wildman–Crippen MR) is 121 cm³/mol. The highest BCUT2D eigenvalue weighted by atomic mass is 16.5. The number of hydrogen-bond donors (Lipinski definition) is 1. The van der Waals surface area contributed by atoms with Crippen molar-refractivity contribution in [2.75, 3.05) is 18.5 Å². The molecule has 0 unspecified atom stereocenters. The second-order valence-electron chi connectivity index (χ2n) is 8.56. The Kier molecular flexibility index (Phi) is 5.60. The molecule has 1 fully saturated rings. The van der Waals surface area contributed by atoms with Crippen molar-refractivity contribution in [3.05, 3.63) is 76.9 Å². The summed E-state index contributed by atoms with van der Waals surface area (Å²) >= 11 is 0. The number of likely N-dealkylation sites (tertiary alicyclic amines) is 1. The van der Waals surface area contributed by atoms with Crippen LogP contribution in [-0.4, -0.2) is 53.3 Å². The summed E-state index contributed by atoms with van der Waals surface area (Å²) < 4.78 is 4.97. The van der Waals surface area contributed by atoms with Crippen LogP contribution >= 0.6 is 0 Å². The second-order valence-corrected chi connectivity index (χ2v) is 8.56. The lowest BCUT2D eigenvalue weighted by Crippen LogP contribution is -2.37. The Morgan fingerprint density at radius 2 is 1.43 bits per heavy atom. The topological polar surface area (TPSA) is 127 Å². The molecule has 2 aromatic carbocycles. The SMILES string of the molecule is O=C(COC(=O)CN1C(=O)[C@@H]2CC=CC[C@H]2C1=O)Nc1cccc2c1C(=O)c1ccccc1C2=O. The molecule has 3 aliphatic rings. The van der Waals surface area contributed by atoms with E-state index in [1.54, 1.807) is 30.3 Å². The third-order valence-electron chi connectivity index (χ3n) is 6.48. The molecule has 1 heterocycles. The Hall–Kier alpha value is -4.40. The standard InChI is InChI=1S/C26H20N2O7/c29-20(13-35-21(30)12-28-25(33)16-8-3-4-9-17(16)26(28)34)27-19-11-5-10-18-22(19)24(32)15-7-2-1-6-14(15)23(18)31/h1-7,10-11,16-17H,8-9,12-13H2,(H,27,29)/t16-,17-/m1/s1. The normalized spacial score (nSPS) is 20.3. The summed E-state index contributed by atoms with van der Waals surface area (Å²) in [7, 11) is 0. The summed E-state index contributed by atoms with van der Waals surface area (Å²) in [5.74, 6) is -4.10. The number of carbonyl (C=O) groups excluding carboxylic acids is 6. The molecular weight excluding hydrogens is 452 g/mol. The van der Waals surface area contributed by atoms with Crippen molar-refractivity contribution >= 4 is 40.9 Å². The maximum Gasteiger partial charge on any atom is 0.326 e. The number of ketones is 2. The van der Waals surface area contributed by atoms with Gasteiger partial charge >= 0.3 is 5.97 Å². The van der Waals surface area contributed by atoms with E-state index in [2.05, 4.69) is 5.32 Å². The molecule has 0 spiro atoms. The van der Waals surface area contributed by atoms with E-state index in [0.717, 1.165) is 4.90 Å². The number of anilines is 1. The lowest BCUT2D eigenvalue weighted by molar-refractivity contribution is -0.154. The molecule has 1 N–H and O–H groups in total. The maximum atomic E-state index is 13.0. The Bertz CT molecular complexity index is 1320. The van der Waals surface area contributed by atoms with Gasteiger partial charge in [0.2, 0.25) is 11.8 Å². The van der Waals surface area contributed by atoms with Gasteiger partial charge in [-0.15, -0.1) is 0 Å². The highest BCUT2D eigenvalue weighted by Crippen LogP contribution is 2.35. The van der Waals surface area contributed by atoms with Gasteiger partial charge in [-0.2, -0.15) is 0 Å². The van der Waals surface area contributed by atoms with Crippen LogP contribution in [0.3, 0.4) is 0 Å². The number of allylic oxidation sites excluding steroid dienone is 2. The number of fused-ring (bicyclic) bond motifs is 3. The quantitative estimate of drug-likeness (QED) is 0.341. The molecule has 1 saturated heterocycles. The zero-order valence-corrected chi connectivity index (χ0v) is 18.5. The zero-order valence-electron chi connectivity index (χ0n) is 18.5. The maximum absolute atomic E-state index is 13.0. The molecule has 2 aliphatic carbocycles. The van der Waals surface area contributed by atoms with E-state index >= 15 is 0 Å². The van der Waals surface area contributed by atoms with Gasteiger partial charge in [0.05, 0.1) is 23.1 Å². The van der Waals surface area contributed by atoms with Crippen LogP contribution in [0.1, 0.15) is 44.7 Å². The molecule has 2 aromatic rings. The van der Waals surface area contributed by atoms with E-state index in [0.29, 0.717) is 18.4 Å². The molecule has 176 valence electrons. The summed E-state index contributed by atoms with van der Waals surface area (Å²) in [6.07, 6.45) is 4.60. The fraction of sp³-hybridized carbons (Fsp3) is 0.231. The van der Waals surface area contributed by atoms with Gasteiger partial charge in [0, 0.05) is 16.7 Å². The van der Waals surface area contributed by atoms with Gasteiger partial charge in [-0.25, -0.2) is 0 Å². The average molecular weight is 472 g/mol. The first-order valence-electron chi connectivity index (χ1n) is 11.1. The van der Waals surface area contributed by atoms with Crippen LogP contribution in [0.2, 0.25) is 0 Å². The lowest BCUT2D eigenvalue weighted by Gasteiger charge is -2.20. The largest absolute Gasteiger partial charge is 0.454 e. The highest BCUT2D eigenvalue weighted by Gasteiger charge is 2.47. The van der Waals surface area contributed by atoms with Gasteiger partial charge in [0.1, 0.15) is 6.54 Å². The fourth-order valence-electron chi connectivity index (χ4n) is 4.78. The second kappa shape index (κ2) is 8.75. The summed E-state index contributed by atoms with van der Waals surface area (Å²) in [5.41, 5.74) is 0.904. The van der Waals surface area contributed by atoms with E-state index in [9.17, 15) is 28.8 Å². The zero-order chi connectivity index (χ0) is 24.7. The van der Waals surface area contributed by atoms with Crippen LogP contribution in [0.25, 0.3) is 0 Å². The lowest BCUT2D eigenvalue weighted by atomic mass is 9.83. The number of nitrogens with one attached hydrogen (secondary N) is 1. The molecule has 5 rings (SSSR count). The number of imide groups is 1. The number of rotatable bonds is 5. The Balaban J connectivity index is 1.23. The van der Waals surface area contributed by atoms with E-state index in [1.807, 2.05) is 12.2 Å². The van der Waals surface area contributed by atoms with Crippen molar-refractivity contribution < 1.29 is 33.5 Å². The van der Waals surface area contributed by atoms with Crippen LogP contribution in [0.5, 0.6) is 0 Å². The van der Waals surface area contributed by atoms with Crippen molar-refractivity contribution in [1.82, 2.24) is 4.90 Å². The third kappa shape index (κ3) is 3.84. The molecule has 2 atom stereocenters. The first kappa shape index (κ1) is 22.4. The van der Waals surface area contributed by atoms with E-state index in [1.165, 1.54) is 12.1 Å². The molecule has 0 bridgehead atoms. The summed E-state index contributed by atoms with van der Waals surface area (Å²) in [5, 5.41) is 2.51. The molecule has 0 radical (unpaired) electrons. The van der Waals surface area contributed by atoms with Crippen LogP contribution < -0.4 is 5.32 Å². The molecule has 3 amide bonds. The fourth-order valence-corrected chi connectivity index (χ4v) is 4.78. The molecular formula is C26H20N2O7. The Morgan fingerprint density at radius 3 is 2.09 bits per heavy atom. The van der Waals surface area contributed by atoms with Crippen LogP contribution in [0.15, 0.2) is 54.6 Å². The Morgan fingerprint density at radius 1 is 0.829 bits per heavy atom. The van der Waals surface area contributed by atoms with Gasteiger partial charge in [-0.3, -0.25) is 33.7 Å². The minimum atomic E-state index is -0.899. The molecule has 35 heavy (non-hydrogen) atoms. The number of esters is 1. The molecule has 0 saturated carbocycles. The number of carbonyl (C=O) groups is 6. The van der Waals surface area contributed by atoms with Gasteiger partial charge in [-0.05, 0) is 18.9 Å². The third-order valence-corrected chi connectivity index (χ3v) is 6.48. The van der Waals surface area contributed by atoms with Crippen LogP contribution in [0, 0.1) is 11.8 Å². The minimum Gasteiger partial charge on any atom is -0.454 e. The van der Waals surface area contributed by atoms with Crippen LogP contribution in [-0.2, 0) is 23.9 Å². The first-order chi connectivity index (χ1) is 16.9. The van der Waals surface area contributed by atoms with E-state index < -0.39 is 54.5 Å². The number of ether oxygens (including phenoxy) is 1. The molecule has 9 nitrogen and oxygen atoms in total. The molecule has 0 aromatic heterocycles. The van der Waals surface area contributed by atoms with Crippen molar-refractivity contribution in [2.45, 2.75) is 12.8 Å². The summed E-state index contributed by atoms with van der Waals surface area (Å²) in [6.45, 7) is -1.26. The van der Waals surface area contributed by atoms with Gasteiger partial charge in [0.25, 0.3) is 5.91 Å². The predicted octanol–water partition coefficient (Wildman–Crippen LogP) is 1.89. The number of nitrogens with zero attached hydrogens (tertiary/aromatic N) is 1. The number of hydrogen-bond acceptors (Lipinski definition) is 7. The van der Waals surface area contributed by atoms with Gasteiger partial charge in [0.15, 0.2) is 18.2 Å². The number of benzene rings is 2. The first-order valence-corrected chi connectivity index (χ1v) is 11.1. The Labute approximate surface area is 199 Å². The van der Waals surface area contributed by atoms with E-state index in [-0.39, 0.29) is 28.2 Å².